The Bertz CT molecular complexity index is 972. The molecule has 0 unspecified atom stereocenters. The van der Waals surface area contributed by atoms with Crippen molar-refractivity contribution in [3.05, 3.63) is 90.0 Å². The molecule has 0 radical (unpaired) electrons. The molecule has 1 aliphatic rings. The van der Waals surface area contributed by atoms with Crippen LogP contribution in [0.25, 0.3) is 0 Å². The fraction of sp³-hybridized carbons (Fsp3) is 0.346. The van der Waals surface area contributed by atoms with Crippen LogP contribution in [0.5, 0.6) is 5.75 Å². The summed E-state index contributed by atoms with van der Waals surface area (Å²) < 4.78 is 6.17. The third-order valence-electron chi connectivity index (χ3n) is 5.68. The van der Waals surface area contributed by atoms with E-state index in [2.05, 4.69) is 26.3 Å². The zero-order chi connectivity index (χ0) is 22.2. The van der Waals surface area contributed by atoms with Crippen molar-refractivity contribution in [2.45, 2.75) is 44.9 Å². The monoisotopic (exact) mass is 430 g/mol. The molecule has 32 heavy (non-hydrogen) atoms. The van der Waals surface area contributed by atoms with Gasteiger partial charge in [-0.2, -0.15) is 0 Å². The highest BCUT2D eigenvalue weighted by Gasteiger charge is 2.21. The van der Waals surface area contributed by atoms with E-state index in [9.17, 15) is 4.79 Å². The number of pyridine rings is 2. The molecule has 3 heterocycles. The summed E-state index contributed by atoms with van der Waals surface area (Å²) in [5.41, 5.74) is 2.71. The van der Waals surface area contributed by atoms with Gasteiger partial charge in [-0.3, -0.25) is 19.7 Å². The molecule has 1 atom stereocenters. The van der Waals surface area contributed by atoms with Gasteiger partial charge in [0.25, 0.3) is 5.91 Å². The quantitative estimate of drug-likeness (QED) is 0.587. The van der Waals surface area contributed by atoms with Crippen LogP contribution in [-0.4, -0.2) is 46.0 Å². The summed E-state index contributed by atoms with van der Waals surface area (Å²) in [6.07, 6.45) is 6.49. The minimum Gasteiger partial charge on any atom is -0.490 e. The van der Waals surface area contributed by atoms with Gasteiger partial charge in [-0.15, -0.1) is 0 Å². The molecule has 2 aromatic heterocycles. The van der Waals surface area contributed by atoms with Gasteiger partial charge < -0.3 is 10.1 Å². The van der Waals surface area contributed by atoms with Gasteiger partial charge in [0.05, 0.1) is 5.69 Å². The molecular weight excluding hydrogens is 400 g/mol. The van der Waals surface area contributed by atoms with Crippen molar-refractivity contribution in [1.29, 1.82) is 0 Å². The maximum atomic E-state index is 12.5. The van der Waals surface area contributed by atoms with Gasteiger partial charge in [0.15, 0.2) is 0 Å². The number of nitrogens with zero attached hydrogens (tertiary/aromatic N) is 3. The zero-order valence-electron chi connectivity index (χ0n) is 18.5. The highest BCUT2D eigenvalue weighted by molar-refractivity contribution is 5.94. The SMILES string of the molecule is C[C@@H](Cc1ccccn1)NC(=O)c1ccc(OC2CCN(Cc3ccccn3)CC2)cc1. The summed E-state index contributed by atoms with van der Waals surface area (Å²) in [4.78, 5) is 23.7. The van der Waals surface area contributed by atoms with E-state index in [0.717, 1.165) is 49.6 Å². The van der Waals surface area contributed by atoms with Crippen molar-refractivity contribution in [2.75, 3.05) is 13.1 Å². The third-order valence-corrected chi connectivity index (χ3v) is 5.68. The van der Waals surface area contributed by atoms with Crippen molar-refractivity contribution in [1.82, 2.24) is 20.2 Å². The first-order valence-electron chi connectivity index (χ1n) is 11.3. The summed E-state index contributed by atoms with van der Waals surface area (Å²) in [6, 6.07) is 19.3. The van der Waals surface area contributed by atoms with Gasteiger partial charge in [0, 0.05) is 55.7 Å². The van der Waals surface area contributed by atoms with Crippen molar-refractivity contribution in [3.8, 4) is 5.75 Å². The van der Waals surface area contributed by atoms with Crippen molar-refractivity contribution in [2.24, 2.45) is 0 Å². The van der Waals surface area contributed by atoms with Gasteiger partial charge in [-0.05, 0) is 68.3 Å². The molecule has 6 nitrogen and oxygen atoms in total. The van der Waals surface area contributed by atoms with Crippen LogP contribution in [0.4, 0.5) is 0 Å². The number of rotatable bonds is 8. The van der Waals surface area contributed by atoms with Crippen molar-refractivity contribution >= 4 is 5.91 Å². The fourth-order valence-electron chi connectivity index (χ4n) is 3.97. The molecule has 3 aromatic rings. The molecule has 0 spiro atoms. The predicted octanol–water partition coefficient (Wildman–Crippen LogP) is 3.88. The number of hydrogen-bond donors (Lipinski definition) is 1. The number of carbonyl (C=O) groups is 1. The van der Waals surface area contributed by atoms with E-state index in [0.29, 0.717) is 12.0 Å². The number of carbonyl (C=O) groups excluding carboxylic acids is 1. The van der Waals surface area contributed by atoms with E-state index >= 15 is 0 Å². The fourth-order valence-corrected chi connectivity index (χ4v) is 3.97. The van der Waals surface area contributed by atoms with E-state index in [1.54, 1.807) is 6.20 Å². The highest BCUT2D eigenvalue weighted by atomic mass is 16.5. The Balaban J connectivity index is 1.22. The average molecular weight is 431 g/mol. The largest absolute Gasteiger partial charge is 0.490 e. The number of nitrogens with one attached hydrogen (secondary N) is 1. The van der Waals surface area contributed by atoms with Gasteiger partial charge in [0.2, 0.25) is 0 Å². The van der Waals surface area contributed by atoms with Crippen LogP contribution in [0.3, 0.4) is 0 Å². The summed E-state index contributed by atoms with van der Waals surface area (Å²) in [7, 11) is 0. The molecule has 1 saturated heterocycles. The predicted molar refractivity (Wildman–Crippen MR) is 124 cm³/mol. The number of benzene rings is 1. The van der Waals surface area contributed by atoms with E-state index in [1.807, 2.05) is 67.7 Å². The molecule has 1 fully saturated rings. The second-order valence-corrected chi connectivity index (χ2v) is 8.34. The van der Waals surface area contributed by atoms with Crippen LogP contribution in [0.2, 0.25) is 0 Å². The topological polar surface area (TPSA) is 67.3 Å². The van der Waals surface area contributed by atoms with Gasteiger partial charge in [-0.1, -0.05) is 12.1 Å². The molecule has 0 bridgehead atoms. The maximum Gasteiger partial charge on any atom is 0.251 e. The number of piperidine rings is 1. The molecule has 6 heteroatoms. The number of hydrogen-bond acceptors (Lipinski definition) is 5. The molecular formula is C26H30N4O2. The second-order valence-electron chi connectivity index (χ2n) is 8.34. The number of amides is 1. The van der Waals surface area contributed by atoms with Crippen molar-refractivity contribution in [3.63, 3.8) is 0 Å². The van der Waals surface area contributed by atoms with E-state index in [-0.39, 0.29) is 18.1 Å². The minimum atomic E-state index is -0.0807. The van der Waals surface area contributed by atoms with E-state index in [4.69, 9.17) is 4.74 Å². The Hall–Kier alpha value is -3.25. The summed E-state index contributed by atoms with van der Waals surface area (Å²) >= 11 is 0. The summed E-state index contributed by atoms with van der Waals surface area (Å²) in [5.74, 6) is 0.731. The molecule has 1 amide bonds. The smallest absolute Gasteiger partial charge is 0.251 e. The zero-order valence-corrected chi connectivity index (χ0v) is 18.5. The number of likely N-dealkylation sites (tertiary alicyclic amines) is 1. The summed E-state index contributed by atoms with van der Waals surface area (Å²) in [5, 5.41) is 3.04. The first kappa shape index (κ1) is 22.0. The molecule has 1 aliphatic heterocycles. The first-order chi connectivity index (χ1) is 15.7. The van der Waals surface area contributed by atoms with Gasteiger partial charge in [0.1, 0.15) is 11.9 Å². The molecule has 166 valence electrons. The van der Waals surface area contributed by atoms with Crippen LogP contribution in [0.15, 0.2) is 73.1 Å². The first-order valence-corrected chi connectivity index (χ1v) is 11.3. The van der Waals surface area contributed by atoms with Crippen LogP contribution >= 0.6 is 0 Å². The number of ether oxygens (including phenoxy) is 1. The van der Waals surface area contributed by atoms with Crippen LogP contribution < -0.4 is 10.1 Å². The van der Waals surface area contributed by atoms with Gasteiger partial charge in [-0.25, -0.2) is 0 Å². The highest BCUT2D eigenvalue weighted by Crippen LogP contribution is 2.20. The lowest BCUT2D eigenvalue weighted by Gasteiger charge is -2.31. The Morgan fingerprint density at radius 1 is 1.00 bits per heavy atom. The Kier molecular flexibility index (Phi) is 7.46. The Morgan fingerprint density at radius 3 is 2.28 bits per heavy atom. The molecule has 0 aliphatic carbocycles. The Morgan fingerprint density at radius 2 is 1.66 bits per heavy atom. The lowest BCUT2D eigenvalue weighted by atomic mass is 10.1. The van der Waals surface area contributed by atoms with Crippen LogP contribution in [-0.2, 0) is 13.0 Å². The number of aromatic nitrogens is 2. The second kappa shape index (κ2) is 10.9. The molecule has 0 saturated carbocycles. The van der Waals surface area contributed by atoms with Crippen LogP contribution in [0, 0.1) is 0 Å². The van der Waals surface area contributed by atoms with Crippen LogP contribution in [0.1, 0.15) is 41.5 Å². The molecule has 1 aromatic carbocycles. The van der Waals surface area contributed by atoms with E-state index < -0.39 is 0 Å². The minimum absolute atomic E-state index is 0.00426. The third kappa shape index (κ3) is 6.37. The summed E-state index contributed by atoms with van der Waals surface area (Å²) in [6.45, 7) is 4.87. The standard InChI is InChI=1S/C26H30N4O2/c1-20(18-22-6-2-4-14-27-22)29-26(31)21-8-10-24(11-9-21)32-25-12-16-30(17-13-25)19-23-7-3-5-15-28-23/h2-11,14-15,20,25H,12-13,16-19H2,1H3,(H,29,31)/t20-/m0/s1. The maximum absolute atomic E-state index is 12.5. The molecule has 4 rings (SSSR count). The molecule has 1 N–H and O–H groups in total. The lowest BCUT2D eigenvalue weighted by Crippen LogP contribution is -2.38. The van der Waals surface area contributed by atoms with Gasteiger partial charge >= 0.3 is 0 Å². The average Bonchev–Trinajstić information content (AvgIpc) is 2.82. The Labute approximate surface area is 189 Å². The normalized spacial score (nSPS) is 15.8. The van der Waals surface area contributed by atoms with Crippen molar-refractivity contribution < 1.29 is 9.53 Å². The van der Waals surface area contributed by atoms with E-state index in [1.165, 1.54) is 0 Å². The lowest BCUT2D eigenvalue weighted by molar-refractivity contribution is 0.0937.